The summed E-state index contributed by atoms with van der Waals surface area (Å²) < 4.78 is 7.91. The van der Waals surface area contributed by atoms with E-state index in [2.05, 4.69) is 35.8 Å². The molecule has 1 aromatic carbocycles. The number of nitrogens with zero attached hydrogens (tertiary/aromatic N) is 2. The van der Waals surface area contributed by atoms with Gasteiger partial charge in [-0.05, 0) is 25.0 Å². The average molecular weight is 230 g/mol. The summed E-state index contributed by atoms with van der Waals surface area (Å²) >= 11 is 0. The zero-order valence-corrected chi connectivity index (χ0v) is 10.2. The van der Waals surface area contributed by atoms with Gasteiger partial charge in [0.2, 0.25) is 0 Å². The Morgan fingerprint density at radius 2 is 2.29 bits per heavy atom. The van der Waals surface area contributed by atoms with Crippen LogP contribution in [0.3, 0.4) is 0 Å². The monoisotopic (exact) mass is 230 g/mol. The molecule has 0 bridgehead atoms. The summed E-state index contributed by atoms with van der Waals surface area (Å²) in [6.07, 6.45) is 3.29. The molecular weight excluding hydrogens is 212 g/mol. The zero-order chi connectivity index (χ0) is 11.7. The van der Waals surface area contributed by atoms with Gasteiger partial charge in [0.15, 0.2) is 0 Å². The van der Waals surface area contributed by atoms with Crippen LogP contribution in [0.5, 0.6) is 0 Å². The van der Waals surface area contributed by atoms with Gasteiger partial charge in [0.1, 0.15) is 5.82 Å². The van der Waals surface area contributed by atoms with Gasteiger partial charge in [-0.25, -0.2) is 4.98 Å². The second-order valence-electron chi connectivity index (χ2n) is 4.65. The smallest absolute Gasteiger partial charge is 0.110 e. The third-order valence-corrected chi connectivity index (χ3v) is 3.41. The minimum Gasteiger partial charge on any atom is -0.379 e. The molecule has 0 aliphatic carbocycles. The van der Waals surface area contributed by atoms with Gasteiger partial charge in [-0.2, -0.15) is 0 Å². The topological polar surface area (TPSA) is 27.1 Å². The molecule has 3 nitrogen and oxygen atoms in total. The first-order chi connectivity index (χ1) is 8.40. The Kier molecular flexibility index (Phi) is 2.85. The van der Waals surface area contributed by atoms with Crippen LogP contribution in [-0.2, 0) is 11.2 Å². The van der Waals surface area contributed by atoms with Crippen molar-refractivity contribution in [1.29, 1.82) is 0 Å². The van der Waals surface area contributed by atoms with Crippen molar-refractivity contribution >= 4 is 11.0 Å². The number of benzene rings is 1. The largest absolute Gasteiger partial charge is 0.379 e. The predicted octanol–water partition coefficient (Wildman–Crippen LogP) is 2.95. The molecule has 0 radical (unpaired) electrons. The molecule has 0 saturated carbocycles. The minimum absolute atomic E-state index is 0.476. The van der Waals surface area contributed by atoms with Crippen molar-refractivity contribution in [2.45, 2.75) is 32.2 Å². The molecule has 2 aromatic rings. The summed E-state index contributed by atoms with van der Waals surface area (Å²) in [6, 6.07) is 8.89. The van der Waals surface area contributed by atoms with Crippen molar-refractivity contribution in [3.63, 3.8) is 0 Å². The van der Waals surface area contributed by atoms with Gasteiger partial charge in [0.05, 0.1) is 23.7 Å². The summed E-state index contributed by atoms with van der Waals surface area (Å²) in [7, 11) is 0. The highest BCUT2D eigenvalue weighted by Gasteiger charge is 2.22. The SMILES string of the molecule is CCCc1nc2ccccc2n1C1CCOC1. The van der Waals surface area contributed by atoms with E-state index in [-0.39, 0.29) is 0 Å². The van der Waals surface area contributed by atoms with E-state index in [1.807, 2.05) is 0 Å². The van der Waals surface area contributed by atoms with Crippen LogP contribution in [0, 0.1) is 0 Å². The van der Waals surface area contributed by atoms with Crippen LogP contribution in [0.2, 0.25) is 0 Å². The molecule has 1 fully saturated rings. The Labute approximate surface area is 101 Å². The van der Waals surface area contributed by atoms with E-state index in [1.165, 1.54) is 11.3 Å². The molecule has 3 rings (SSSR count). The van der Waals surface area contributed by atoms with E-state index >= 15 is 0 Å². The Balaban J connectivity index is 2.13. The number of fused-ring (bicyclic) bond motifs is 1. The van der Waals surface area contributed by atoms with E-state index in [1.54, 1.807) is 0 Å². The number of aryl methyl sites for hydroxylation is 1. The van der Waals surface area contributed by atoms with Crippen LogP contribution >= 0.6 is 0 Å². The van der Waals surface area contributed by atoms with Crippen LogP contribution in [0.15, 0.2) is 24.3 Å². The number of aromatic nitrogens is 2. The number of para-hydroxylation sites is 2. The lowest BCUT2D eigenvalue weighted by atomic mass is 10.2. The summed E-state index contributed by atoms with van der Waals surface area (Å²) in [4.78, 5) is 4.75. The Bertz CT molecular complexity index is 512. The highest BCUT2D eigenvalue weighted by atomic mass is 16.5. The fourth-order valence-corrected chi connectivity index (χ4v) is 2.63. The van der Waals surface area contributed by atoms with Crippen molar-refractivity contribution in [1.82, 2.24) is 9.55 Å². The van der Waals surface area contributed by atoms with Gasteiger partial charge in [-0.15, -0.1) is 0 Å². The highest BCUT2D eigenvalue weighted by Crippen LogP contribution is 2.27. The third-order valence-electron chi connectivity index (χ3n) is 3.41. The summed E-state index contributed by atoms with van der Waals surface area (Å²) in [5, 5.41) is 0. The molecule has 1 saturated heterocycles. The first-order valence-corrected chi connectivity index (χ1v) is 6.43. The number of ether oxygens (including phenoxy) is 1. The van der Waals surface area contributed by atoms with Crippen LogP contribution in [0.1, 0.15) is 31.6 Å². The van der Waals surface area contributed by atoms with Crippen molar-refractivity contribution < 1.29 is 4.74 Å². The number of hydrogen-bond acceptors (Lipinski definition) is 2. The predicted molar refractivity (Wildman–Crippen MR) is 68.2 cm³/mol. The number of imidazole rings is 1. The van der Waals surface area contributed by atoms with Gasteiger partial charge in [-0.1, -0.05) is 19.1 Å². The number of rotatable bonds is 3. The van der Waals surface area contributed by atoms with Gasteiger partial charge >= 0.3 is 0 Å². The second kappa shape index (κ2) is 4.49. The molecular formula is C14H18N2O. The quantitative estimate of drug-likeness (QED) is 0.810. The average Bonchev–Trinajstić information content (AvgIpc) is 2.94. The first kappa shape index (κ1) is 10.8. The normalized spacial score (nSPS) is 20.2. The summed E-state index contributed by atoms with van der Waals surface area (Å²) in [5.74, 6) is 1.21. The second-order valence-corrected chi connectivity index (χ2v) is 4.65. The maximum absolute atomic E-state index is 5.51. The molecule has 1 unspecified atom stereocenters. The van der Waals surface area contributed by atoms with Crippen LogP contribution in [0.4, 0.5) is 0 Å². The van der Waals surface area contributed by atoms with E-state index in [0.717, 1.165) is 38.0 Å². The molecule has 1 aliphatic rings. The zero-order valence-electron chi connectivity index (χ0n) is 10.2. The van der Waals surface area contributed by atoms with Gasteiger partial charge in [-0.3, -0.25) is 0 Å². The Morgan fingerprint density at radius 3 is 3.06 bits per heavy atom. The molecule has 1 atom stereocenters. The molecule has 1 aromatic heterocycles. The molecule has 2 heterocycles. The van der Waals surface area contributed by atoms with Crippen molar-refractivity contribution in [3.8, 4) is 0 Å². The standard InChI is InChI=1S/C14H18N2O/c1-2-5-14-15-12-6-3-4-7-13(12)16(14)11-8-9-17-10-11/h3-4,6-7,11H,2,5,8-10H2,1H3. The maximum Gasteiger partial charge on any atom is 0.110 e. The van der Waals surface area contributed by atoms with Gasteiger partial charge < -0.3 is 9.30 Å². The molecule has 1 aliphatic heterocycles. The maximum atomic E-state index is 5.51. The van der Waals surface area contributed by atoms with Crippen LogP contribution < -0.4 is 0 Å². The summed E-state index contributed by atoms with van der Waals surface area (Å²) in [6.45, 7) is 3.91. The van der Waals surface area contributed by atoms with Crippen molar-refractivity contribution in [2.24, 2.45) is 0 Å². The third kappa shape index (κ3) is 1.84. The fraction of sp³-hybridized carbons (Fsp3) is 0.500. The highest BCUT2D eigenvalue weighted by molar-refractivity contribution is 5.76. The van der Waals surface area contributed by atoms with Crippen molar-refractivity contribution in [2.75, 3.05) is 13.2 Å². The lowest BCUT2D eigenvalue weighted by molar-refractivity contribution is 0.186. The molecule has 3 heteroatoms. The van der Waals surface area contributed by atoms with E-state index in [0.29, 0.717) is 6.04 Å². The minimum atomic E-state index is 0.476. The Hall–Kier alpha value is -1.35. The van der Waals surface area contributed by atoms with E-state index in [4.69, 9.17) is 9.72 Å². The van der Waals surface area contributed by atoms with E-state index < -0.39 is 0 Å². The Morgan fingerprint density at radius 1 is 1.41 bits per heavy atom. The molecule has 0 N–H and O–H groups in total. The lowest BCUT2D eigenvalue weighted by Crippen LogP contribution is -2.12. The van der Waals surface area contributed by atoms with E-state index in [9.17, 15) is 0 Å². The van der Waals surface area contributed by atoms with Gasteiger partial charge in [0.25, 0.3) is 0 Å². The fourth-order valence-electron chi connectivity index (χ4n) is 2.63. The van der Waals surface area contributed by atoms with Crippen LogP contribution in [0.25, 0.3) is 11.0 Å². The number of hydrogen-bond donors (Lipinski definition) is 0. The van der Waals surface area contributed by atoms with Crippen LogP contribution in [-0.4, -0.2) is 22.8 Å². The molecule has 90 valence electrons. The van der Waals surface area contributed by atoms with Crippen molar-refractivity contribution in [3.05, 3.63) is 30.1 Å². The van der Waals surface area contributed by atoms with Gasteiger partial charge in [0, 0.05) is 13.0 Å². The summed E-state index contributed by atoms with van der Waals surface area (Å²) in [5.41, 5.74) is 2.37. The lowest BCUT2D eigenvalue weighted by Gasteiger charge is -2.14. The molecule has 17 heavy (non-hydrogen) atoms. The molecule has 0 amide bonds. The molecule has 0 spiro atoms. The first-order valence-electron chi connectivity index (χ1n) is 6.43.